The molecule has 2 aromatic rings. The van der Waals surface area contributed by atoms with Crippen LogP contribution in [0, 0.1) is 12.3 Å². The van der Waals surface area contributed by atoms with E-state index in [0.29, 0.717) is 13.2 Å². The minimum absolute atomic E-state index is 0.0234. The standard InChI is InChI=1S/C20H28N4O3S/c1-15-3-4-16(28-15)18(25)22-10-7-20(8-11-22)6-5-17-21-24(13-14-27-2)19(26)23(17)12-9-20/h3-4H,5-14H2,1-2H3. The van der Waals surface area contributed by atoms with Crippen molar-refractivity contribution in [3.8, 4) is 0 Å². The molecule has 1 amide bonds. The number of carbonyl (C=O) groups is 1. The molecule has 4 rings (SSSR count). The third-order valence-corrected chi connectivity index (χ3v) is 7.30. The lowest BCUT2D eigenvalue weighted by Gasteiger charge is -2.41. The topological polar surface area (TPSA) is 69.4 Å². The van der Waals surface area contributed by atoms with Crippen molar-refractivity contribution >= 4 is 17.2 Å². The van der Waals surface area contributed by atoms with Crippen LogP contribution in [0.2, 0.25) is 0 Å². The van der Waals surface area contributed by atoms with Crippen molar-refractivity contribution in [1.82, 2.24) is 19.2 Å². The summed E-state index contributed by atoms with van der Waals surface area (Å²) < 4.78 is 8.44. The summed E-state index contributed by atoms with van der Waals surface area (Å²) in [6, 6.07) is 3.95. The van der Waals surface area contributed by atoms with Gasteiger partial charge in [-0.1, -0.05) is 0 Å². The summed E-state index contributed by atoms with van der Waals surface area (Å²) in [6.45, 7) is 5.35. The van der Waals surface area contributed by atoms with Crippen LogP contribution in [0.25, 0.3) is 0 Å². The minimum atomic E-state index is -0.0234. The molecule has 0 radical (unpaired) electrons. The van der Waals surface area contributed by atoms with Gasteiger partial charge in [0.15, 0.2) is 0 Å². The Balaban J connectivity index is 1.40. The van der Waals surface area contributed by atoms with Gasteiger partial charge in [0.05, 0.1) is 18.0 Å². The van der Waals surface area contributed by atoms with Gasteiger partial charge in [0.25, 0.3) is 5.91 Å². The lowest BCUT2D eigenvalue weighted by molar-refractivity contribution is 0.0539. The summed E-state index contributed by atoms with van der Waals surface area (Å²) >= 11 is 1.57. The summed E-state index contributed by atoms with van der Waals surface area (Å²) in [6.07, 6.45) is 4.86. The Kier molecular flexibility index (Phi) is 5.42. The summed E-state index contributed by atoms with van der Waals surface area (Å²) in [7, 11) is 1.63. The number of rotatable bonds is 4. The fourth-order valence-corrected chi connectivity index (χ4v) is 5.29. The molecule has 0 atom stereocenters. The lowest BCUT2D eigenvalue weighted by Crippen LogP contribution is -2.43. The van der Waals surface area contributed by atoms with Crippen molar-refractivity contribution < 1.29 is 9.53 Å². The number of aromatic nitrogens is 3. The maximum Gasteiger partial charge on any atom is 0.345 e. The minimum Gasteiger partial charge on any atom is -0.383 e. The van der Waals surface area contributed by atoms with E-state index >= 15 is 0 Å². The molecule has 28 heavy (non-hydrogen) atoms. The molecule has 2 aromatic heterocycles. The Morgan fingerprint density at radius 3 is 2.64 bits per heavy atom. The highest BCUT2D eigenvalue weighted by atomic mass is 32.1. The van der Waals surface area contributed by atoms with Crippen LogP contribution in [0.15, 0.2) is 16.9 Å². The van der Waals surface area contributed by atoms with E-state index in [-0.39, 0.29) is 17.0 Å². The van der Waals surface area contributed by atoms with E-state index in [0.717, 1.165) is 62.4 Å². The summed E-state index contributed by atoms with van der Waals surface area (Å²) in [5.41, 5.74) is 0.192. The van der Waals surface area contributed by atoms with Crippen LogP contribution in [0.1, 0.15) is 46.1 Å². The zero-order chi connectivity index (χ0) is 19.7. The Morgan fingerprint density at radius 2 is 1.96 bits per heavy atom. The highest BCUT2D eigenvalue weighted by Gasteiger charge is 2.38. The average molecular weight is 405 g/mol. The lowest BCUT2D eigenvalue weighted by atomic mass is 9.73. The molecule has 0 saturated carbocycles. The van der Waals surface area contributed by atoms with Crippen molar-refractivity contribution in [3.63, 3.8) is 0 Å². The molecule has 0 aliphatic carbocycles. The Labute approximate surface area is 168 Å². The monoisotopic (exact) mass is 404 g/mol. The second-order valence-electron chi connectivity index (χ2n) is 8.02. The normalized spacial score (nSPS) is 18.9. The highest BCUT2D eigenvalue weighted by molar-refractivity contribution is 7.13. The number of hydrogen-bond donors (Lipinski definition) is 0. The molecule has 1 spiro atoms. The van der Waals surface area contributed by atoms with Gasteiger partial charge in [0, 0.05) is 38.0 Å². The SMILES string of the molecule is COCCn1nc2n(c1=O)CCC1(CC2)CCN(C(=O)c2ccc(C)s2)CC1. The first kappa shape index (κ1) is 19.4. The van der Waals surface area contributed by atoms with E-state index in [1.807, 2.05) is 28.5 Å². The van der Waals surface area contributed by atoms with E-state index in [9.17, 15) is 9.59 Å². The summed E-state index contributed by atoms with van der Waals surface area (Å²) in [4.78, 5) is 29.3. The number of likely N-dealkylation sites (tertiary alicyclic amines) is 1. The number of thiophene rings is 1. The van der Waals surface area contributed by atoms with Gasteiger partial charge in [-0.2, -0.15) is 5.10 Å². The van der Waals surface area contributed by atoms with Crippen LogP contribution in [-0.4, -0.2) is 52.0 Å². The Bertz CT molecular complexity index is 905. The number of aryl methyl sites for hydroxylation is 2. The van der Waals surface area contributed by atoms with Crippen LogP contribution in [0.5, 0.6) is 0 Å². The molecule has 0 bridgehead atoms. The van der Waals surface area contributed by atoms with E-state index < -0.39 is 0 Å². The fourth-order valence-electron chi connectivity index (χ4n) is 4.46. The third-order valence-electron chi connectivity index (χ3n) is 6.31. The third kappa shape index (κ3) is 3.67. The predicted molar refractivity (Wildman–Crippen MR) is 108 cm³/mol. The van der Waals surface area contributed by atoms with Crippen molar-refractivity contribution in [2.75, 3.05) is 26.8 Å². The molecular weight excluding hydrogens is 376 g/mol. The number of nitrogens with zero attached hydrogens (tertiary/aromatic N) is 4. The van der Waals surface area contributed by atoms with Crippen molar-refractivity contribution in [2.24, 2.45) is 5.41 Å². The van der Waals surface area contributed by atoms with Crippen molar-refractivity contribution in [3.05, 3.63) is 38.2 Å². The van der Waals surface area contributed by atoms with Gasteiger partial charge in [0.2, 0.25) is 0 Å². The number of hydrogen-bond acceptors (Lipinski definition) is 5. The maximum atomic E-state index is 12.7. The van der Waals surface area contributed by atoms with Crippen LogP contribution >= 0.6 is 11.3 Å². The van der Waals surface area contributed by atoms with E-state index in [4.69, 9.17) is 4.74 Å². The van der Waals surface area contributed by atoms with Gasteiger partial charge >= 0.3 is 5.69 Å². The smallest absolute Gasteiger partial charge is 0.345 e. The van der Waals surface area contributed by atoms with Gasteiger partial charge < -0.3 is 9.64 Å². The number of fused-ring (bicyclic) bond motifs is 1. The van der Waals surface area contributed by atoms with E-state index in [1.54, 1.807) is 18.4 Å². The molecule has 0 aromatic carbocycles. The molecule has 0 N–H and O–H groups in total. The summed E-state index contributed by atoms with van der Waals surface area (Å²) in [5.74, 6) is 1.06. The first-order valence-electron chi connectivity index (χ1n) is 10.0. The molecule has 152 valence electrons. The molecule has 8 heteroatoms. The number of amides is 1. The van der Waals surface area contributed by atoms with Crippen molar-refractivity contribution in [2.45, 2.75) is 52.1 Å². The van der Waals surface area contributed by atoms with Crippen molar-refractivity contribution in [1.29, 1.82) is 0 Å². The molecule has 2 aliphatic heterocycles. The molecule has 4 heterocycles. The van der Waals surface area contributed by atoms with Gasteiger partial charge in [0.1, 0.15) is 5.82 Å². The molecule has 1 saturated heterocycles. The molecule has 2 aliphatic rings. The quantitative estimate of drug-likeness (QED) is 0.784. The van der Waals surface area contributed by atoms with E-state index in [1.165, 1.54) is 9.56 Å². The zero-order valence-corrected chi connectivity index (χ0v) is 17.5. The maximum absolute atomic E-state index is 12.7. The molecule has 0 unspecified atom stereocenters. The first-order chi connectivity index (χ1) is 13.5. The van der Waals surface area contributed by atoms with E-state index in [2.05, 4.69) is 5.10 Å². The number of methoxy groups -OCH3 is 1. The molecule has 7 nitrogen and oxygen atoms in total. The van der Waals surface area contributed by atoms with Crippen LogP contribution in [0.3, 0.4) is 0 Å². The number of piperidine rings is 1. The molecular formula is C20H28N4O3S. The van der Waals surface area contributed by atoms with Gasteiger partial charge in [-0.25, -0.2) is 9.48 Å². The largest absolute Gasteiger partial charge is 0.383 e. The fraction of sp³-hybridized carbons (Fsp3) is 0.650. The van der Waals surface area contributed by atoms with Crippen LogP contribution in [-0.2, 0) is 24.2 Å². The van der Waals surface area contributed by atoms with Gasteiger partial charge in [-0.3, -0.25) is 9.36 Å². The Morgan fingerprint density at radius 1 is 1.21 bits per heavy atom. The molecule has 1 fully saturated rings. The first-order valence-corrected chi connectivity index (χ1v) is 10.8. The summed E-state index contributed by atoms with van der Waals surface area (Å²) in [5, 5.41) is 4.53. The van der Waals surface area contributed by atoms with Crippen LogP contribution in [0.4, 0.5) is 0 Å². The number of ether oxygens (including phenoxy) is 1. The van der Waals surface area contributed by atoms with Gasteiger partial charge in [-0.15, -0.1) is 11.3 Å². The second-order valence-corrected chi connectivity index (χ2v) is 9.31. The zero-order valence-electron chi connectivity index (χ0n) is 16.6. The number of carbonyl (C=O) groups excluding carboxylic acids is 1. The van der Waals surface area contributed by atoms with Gasteiger partial charge in [-0.05, 0) is 50.2 Å². The average Bonchev–Trinajstić information content (AvgIpc) is 3.21. The van der Waals surface area contributed by atoms with Crippen LogP contribution < -0.4 is 5.69 Å². The Hall–Kier alpha value is -1.93. The second kappa shape index (κ2) is 7.83. The predicted octanol–water partition coefficient (Wildman–Crippen LogP) is 2.32. The highest BCUT2D eigenvalue weighted by Crippen LogP contribution is 2.41.